The molecule has 1 aliphatic heterocycles. The van der Waals surface area contributed by atoms with Gasteiger partial charge in [-0.3, -0.25) is 4.98 Å². The standard InChI is InChI=1S/C12H16N2O3/c1-8-6-17-7-9(2)14(8)11-5-13-4-3-10(11)12(15)16/h3-5,8-9H,6-7H2,1-2H3,(H,15,16)/t8-,9-/m0/s1. The highest BCUT2D eigenvalue weighted by atomic mass is 16.5. The number of pyridine rings is 1. The number of aromatic carboxylic acids is 1. The molecule has 2 rings (SSSR count). The highest BCUT2D eigenvalue weighted by Crippen LogP contribution is 2.26. The van der Waals surface area contributed by atoms with Gasteiger partial charge in [-0.1, -0.05) is 0 Å². The molecule has 1 aromatic heterocycles. The highest BCUT2D eigenvalue weighted by molar-refractivity contribution is 5.94. The minimum atomic E-state index is -0.923. The lowest BCUT2D eigenvalue weighted by Crippen LogP contribution is -2.50. The molecule has 0 saturated carbocycles. The summed E-state index contributed by atoms with van der Waals surface area (Å²) >= 11 is 0. The molecule has 0 amide bonds. The zero-order valence-electron chi connectivity index (χ0n) is 9.96. The third-order valence-corrected chi connectivity index (χ3v) is 2.98. The molecule has 1 aromatic rings. The molecule has 17 heavy (non-hydrogen) atoms. The van der Waals surface area contributed by atoms with Gasteiger partial charge in [-0.25, -0.2) is 4.79 Å². The summed E-state index contributed by atoms with van der Waals surface area (Å²) in [5, 5.41) is 9.18. The van der Waals surface area contributed by atoms with Crippen LogP contribution in [-0.4, -0.2) is 41.4 Å². The molecule has 0 spiro atoms. The Morgan fingerprint density at radius 2 is 2.12 bits per heavy atom. The van der Waals surface area contributed by atoms with Crippen molar-refractivity contribution in [1.82, 2.24) is 4.98 Å². The summed E-state index contributed by atoms with van der Waals surface area (Å²) in [6, 6.07) is 1.84. The van der Waals surface area contributed by atoms with Crippen LogP contribution in [0.5, 0.6) is 0 Å². The number of anilines is 1. The molecular weight excluding hydrogens is 220 g/mol. The lowest BCUT2D eigenvalue weighted by Gasteiger charge is -2.40. The van der Waals surface area contributed by atoms with Crippen molar-refractivity contribution < 1.29 is 14.6 Å². The summed E-state index contributed by atoms with van der Waals surface area (Å²) in [6.07, 6.45) is 3.12. The number of ether oxygens (including phenoxy) is 1. The van der Waals surface area contributed by atoms with Crippen molar-refractivity contribution >= 4 is 11.7 Å². The van der Waals surface area contributed by atoms with E-state index in [4.69, 9.17) is 4.74 Å². The summed E-state index contributed by atoms with van der Waals surface area (Å²) in [5.41, 5.74) is 0.962. The molecule has 1 N–H and O–H groups in total. The van der Waals surface area contributed by atoms with Crippen LogP contribution in [0.1, 0.15) is 24.2 Å². The maximum Gasteiger partial charge on any atom is 0.337 e. The van der Waals surface area contributed by atoms with Crippen LogP contribution in [0.3, 0.4) is 0 Å². The van der Waals surface area contributed by atoms with E-state index in [-0.39, 0.29) is 12.1 Å². The van der Waals surface area contributed by atoms with Crippen LogP contribution in [0.25, 0.3) is 0 Å². The quantitative estimate of drug-likeness (QED) is 0.840. The average molecular weight is 236 g/mol. The van der Waals surface area contributed by atoms with E-state index in [1.807, 2.05) is 13.8 Å². The second-order valence-electron chi connectivity index (χ2n) is 4.34. The number of hydrogen-bond acceptors (Lipinski definition) is 4. The minimum Gasteiger partial charge on any atom is -0.478 e. The number of nitrogens with zero attached hydrogens (tertiary/aromatic N) is 2. The first-order valence-corrected chi connectivity index (χ1v) is 5.64. The van der Waals surface area contributed by atoms with Crippen LogP contribution >= 0.6 is 0 Å². The van der Waals surface area contributed by atoms with E-state index in [0.717, 1.165) is 0 Å². The highest BCUT2D eigenvalue weighted by Gasteiger charge is 2.28. The fourth-order valence-corrected chi connectivity index (χ4v) is 2.25. The maximum absolute atomic E-state index is 11.2. The number of carbonyl (C=O) groups is 1. The lowest BCUT2D eigenvalue weighted by molar-refractivity contribution is 0.0684. The Balaban J connectivity index is 2.41. The van der Waals surface area contributed by atoms with E-state index in [1.165, 1.54) is 12.3 Å². The Morgan fingerprint density at radius 1 is 1.47 bits per heavy atom. The molecular formula is C12H16N2O3. The van der Waals surface area contributed by atoms with Crippen LogP contribution < -0.4 is 4.90 Å². The molecule has 0 unspecified atom stereocenters. The zero-order valence-corrected chi connectivity index (χ0v) is 9.96. The van der Waals surface area contributed by atoms with E-state index in [1.54, 1.807) is 6.20 Å². The number of aromatic nitrogens is 1. The third kappa shape index (κ3) is 2.24. The molecule has 0 aliphatic carbocycles. The van der Waals surface area contributed by atoms with Gasteiger partial charge in [0, 0.05) is 6.20 Å². The van der Waals surface area contributed by atoms with Crippen LogP contribution in [0.4, 0.5) is 5.69 Å². The second kappa shape index (κ2) is 4.71. The van der Waals surface area contributed by atoms with Crippen LogP contribution in [-0.2, 0) is 4.74 Å². The van der Waals surface area contributed by atoms with Crippen molar-refractivity contribution in [1.29, 1.82) is 0 Å². The fraction of sp³-hybridized carbons (Fsp3) is 0.500. The molecule has 1 fully saturated rings. The average Bonchev–Trinajstić information content (AvgIpc) is 2.29. The normalized spacial score (nSPS) is 24.7. The summed E-state index contributed by atoms with van der Waals surface area (Å²) in [6.45, 7) is 5.26. The number of hydrogen-bond donors (Lipinski definition) is 1. The Labute approximate surface area is 100 Å². The molecule has 1 saturated heterocycles. The van der Waals surface area contributed by atoms with Crippen molar-refractivity contribution in [3.05, 3.63) is 24.0 Å². The Kier molecular flexibility index (Phi) is 3.28. The van der Waals surface area contributed by atoms with Gasteiger partial charge in [-0.15, -0.1) is 0 Å². The molecule has 0 bridgehead atoms. The monoisotopic (exact) mass is 236 g/mol. The summed E-state index contributed by atoms with van der Waals surface area (Å²) < 4.78 is 5.44. The van der Waals surface area contributed by atoms with Gasteiger partial charge in [0.25, 0.3) is 0 Å². The van der Waals surface area contributed by atoms with Gasteiger partial charge < -0.3 is 14.7 Å². The topological polar surface area (TPSA) is 62.7 Å². The SMILES string of the molecule is C[C@H]1COC[C@H](C)N1c1cnccc1C(=O)O. The smallest absolute Gasteiger partial charge is 0.337 e. The largest absolute Gasteiger partial charge is 0.478 e. The Hall–Kier alpha value is -1.62. The van der Waals surface area contributed by atoms with Crippen molar-refractivity contribution in [3.8, 4) is 0 Å². The van der Waals surface area contributed by atoms with Gasteiger partial charge in [0.1, 0.15) is 0 Å². The van der Waals surface area contributed by atoms with Crippen molar-refractivity contribution in [2.75, 3.05) is 18.1 Å². The number of morpholine rings is 1. The van der Waals surface area contributed by atoms with Gasteiger partial charge >= 0.3 is 5.97 Å². The summed E-state index contributed by atoms with van der Waals surface area (Å²) in [5.74, 6) is -0.923. The molecule has 1 aliphatic rings. The molecule has 2 heterocycles. The maximum atomic E-state index is 11.2. The van der Waals surface area contributed by atoms with Crippen LogP contribution in [0.2, 0.25) is 0 Å². The molecule has 0 aromatic carbocycles. The number of rotatable bonds is 2. The minimum absolute atomic E-state index is 0.154. The first-order chi connectivity index (χ1) is 8.11. The Bertz CT molecular complexity index is 412. The van der Waals surface area contributed by atoms with Gasteiger partial charge in [0.2, 0.25) is 0 Å². The predicted molar refractivity (Wildman–Crippen MR) is 63.4 cm³/mol. The van der Waals surface area contributed by atoms with Gasteiger partial charge in [0.15, 0.2) is 0 Å². The fourth-order valence-electron chi connectivity index (χ4n) is 2.25. The molecule has 92 valence electrons. The molecule has 0 radical (unpaired) electrons. The van der Waals surface area contributed by atoms with Crippen molar-refractivity contribution in [2.24, 2.45) is 0 Å². The lowest BCUT2D eigenvalue weighted by atomic mass is 10.1. The molecule has 5 nitrogen and oxygen atoms in total. The van der Waals surface area contributed by atoms with Gasteiger partial charge in [-0.05, 0) is 19.9 Å². The van der Waals surface area contributed by atoms with Crippen molar-refractivity contribution in [3.63, 3.8) is 0 Å². The van der Waals surface area contributed by atoms with E-state index in [0.29, 0.717) is 24.5 Å². The second-order valence-corrected chi connectivity index (χ2v) is 4.34. The van der Waals surface area contributed by atoms with Crippen LogP contribution in [0, 0.1) is 0 Å². The van der Waals surface area contributed by atoms with Gasteiger partial charge in [0.05, 0.1) is 42.7 Å². The predicted octanol–water partition coefficient (Wildman–Crippen LogP) is 1.39. The number of carboxylic acid groups (broad SMARTS) is 1. The van der Waals surface area contributed by atoms with Gasteiger partial charge in [-0.2, -0.15) is 0 Å². The number of carboxylic acids is 1. The van der Waals surface area contributed by atoms with E-state index in [9.17, 15) is 9.90 Å². The first-order valence-electron chi connectivity index (χ1n) is 5.64. The van der Waals surface area contributed by atoms with E-state index < -0.39 is 5.97 Å². The summed E-state index contributed by atoms with van der Waals surface area (Å²) in [7, 11) is 0. The van der Waals surface area contributed by atoms with Crippen LogP contribution in [0.15, 0.2) is 18.5 Å². The van der Waals surface area contributed by atoms with Crippen molar-refractivity contribution in [2.45, 2.75) is 25.9 Å². The first kappa shape index (κ1) is 11.9. The molecule has 5 heteroatoms. The third-order valence-electron chi connectivity index (χ3n) is 2.98. The van der Waals surface area contributed by atoms with E-state index >= 15 is 0 Å². The molecule has 2 atom stereocenters. The summed E-state index contributed by atoms with van der Waals surface area (Å²) in [4.78, 5) is 17.3. The Morgan fingerprint density at radius 3 is 2.71 bits per heavy atom. The zero-order chi connectivity index (χ0) is 12.4. The van der Waals surface area contributed by atoms with E-state index in [2.05, 4.69) is 9.88 Å².